The van der Waals surface area contributed by atoms with E-state index in [1.54, 1.807) is 11.8 Å². The van der Waals surface area contributed by atoms with E-state index < -0.39 is 0 Å². The Balaban J connectivity index is 1.12. The van der Waals surface area contributed by atoms with Crippen LogP contribution in [0.2, 0.25) is 5.02 Å². The Morgan fingerprint density at radius 2 is 1.74 bits per heavy atom. The Hall–Kier alpha value is -1.89. The first-order chi connectivity index (χ1) is 16.5. The van der Waals surface area contributed by atoms with E-state index in [-0.39, 0.29) is 0 Å². The van der Waals surface area contributed by atoms with Crippen molar-refractivity contribution in [3.63, 3.8) is 0 Å². The molecule has 0 atom stereocenters. The highest BCUT2D eigenvalue weighted by Gasteiger charge is 2.23. The lowest BCUT2D eigenvalue weighted by Gasteiger charge is -2.36. The fraction of sp³-hybridized carbons (Fsp3) is 0.519. The van der Waals surface area contributed by atoms with Crippen LogP contribution in [0.1, 0.15) is 31.2 Å². The van der Waals surface area contributed by atoms with E-state index >= 15 is 0 Å². The molecular weight excluding hydrogens is 464 g/mol. The molecule has 184 valence electrons. The Bertz CT molecular complexity index is 938. The third kappa shape index (κ3) is 6.83. The zero-order chi connectivity index (χ0) is 23.9. The minimum absolute atomic E-state index is 0.309. The quantitative estimate of drug-likeness (QED) is 0.493. The van der Waals surface area contributed by atoms with Crippen molar-refractivity contribution in [3.8, 4) is 0 Å². The summed E-state index contributed by atoms with van der Waals surface area (Å²) in [6.45, 7) is 9.07. The summed E-state index contributed by atoms with van der Waals surface area (Å²) in [6.07, 6.45) is 5.60. The Morgan fingerprint density at radius 3 is 2.38 bits per heavy atom. The van der Waals surface area contributed by atoms with Crippen LogP contribution in [0.4, 0.5) is 11.4 Å². The van der Waals surface area contributed by atoms with Gasteiger partial charge in [-0.05, 0) is 69.3 Å². The molecule has 0 radical (unpaired) electrons. The number of piperidine rings is 1. The van der Waals surface area contributed by atoms with Gasteiger partial charge in [-0.1, -0.05) is 29.3 Å². The fourth-order valence-electron chi connectivity index (χ4n) is 4.86. The zero-order valence-electron chi connectivity index (χ0n) is 20.4. The fourth-order valence-corrected chi connectivity index (χ4v) is 5.73. The van der Waals surface area contributed by atoms with Gasteiger partial charge in [0.05, 0.1) is 5.02 Å². The molecular formula is C27H37ClN4OS. The van der Waals surface area contributed by atoms with E-state index in [2.05, 4.69) is 63.3 Å². The van der Waals surface area contributed by atoms with Crippen LogP contribution in [0, 0.1) is 6.92 Å². The number of amides is 1. The topological polar surface area (TPSA) is 38.8 Å². The maximum absolute atomic E-state index is 12.7. The summed E-state index contributed by atoms with van der Waals surface area (Å²) in [5.74, 6) is 0.309. The van der Waals surface area contributed by atoms with E-state index in [1.165, 1.54) is 11.3 Å². The molecule has 2 aromatic carbocycles. The summed E-state index contributed by atoms with van der Waals surface area (Å²) in [4.78, 5) is 20.9. The zero-order valence-corrected chi connectivity index (χ0v) is 22.0. The number of benzene rings is 2. The smallest absolute Gasteiger partial charge is 0.222 e. The molecule has 34 heavy (non-hydrogen) atoms. The number of nitrogens with zero attached hydrogens (tertiary/aromatic N) is 3. The number of anilines is 2. The summed E-state index contributed by atoms with van der Waals surface area (Å²) < 4.78 is 0. The van der Waals surface area contributed by atoms with Gasteiger partial charge in [-0.15, -0.1) is 11.8 Å². The van der Waals surface area contributed by atoms with Gasteiger partial charge in [0.15, 0.2) is 0 Å². The lowest BCUT2D eigenvalue weighted by molar-refractivity contribution is -0.132. The maximum Gasteiger partial charge on any atom is 0.222 e. The highest BCUT2D eigenvalue weighted by molar-refractivity contribution is 7.98. The van der Waals surface area contributed by atoms with Crippen LogP contribution in [-0.2, 0) is 4.79 Å². The van der Waals surface area contributed by atoms with Gasteiger partial charge < -0.3 is 15.1 Å². The summed E-state index contributed by atoms with van der Waals surface area (Å²) >= 11 is 8.00. The first-order valence-corrected chi connectivity index (χ1v) is 14.0. The van der Waals surface area contributed by atoms with E-state index in [9.17, 15) is 4.79 Å². The number of rotatable bonds is 8. The number of carbonyl (C=O) groups excluding carboxylic acids is 1. The number of piperazine rings is 1. The molecule has 2 aromatic rings. The van der Waals surface area contributed by atoms with Crippen molar-refractivity contribution in [1.82, 2.24) is 9.80 Å². The minimum Gasteiger partial charge on any atom is -0.382 e. The molecule has 0 unspecified atom stereocenters. The number of hydrogen-bond acceptors (Lipinski definition) is 5. The monoisotopic (exact) mass is 500 g/mol. The second-order valence-electron chi connectivity index (χ2n) is 9.42. The van der Waals surface area contributed by atoms with E-state index in [0.717, 1.165) is 80.7 Å². The molecule has 1 amide bonds. The predicted octanol–water partition coefficient (Wildman–Crippen LogP) is 5.38. The molecule has 0 aliphatic carbocycles. The van der Waals surface area contributed by atoms with Crippen molar-refractivity contribution in [3.05, 3.63) is 53.1 Å². The molecule has 0 saturated carbocycles. The number of halogens is 1. The molecule has 2 fully saturated rings. The Morgan fingerprint density at radius 1 is 1.03 bits per heavy atom. The third-order valence-electron chi connectivity index (χ3n) is 7.01. The molecule has 1 N–H and O–H groups in total. The van der Waals surface area contributed by atoms with Crippen LogP contribution in [0.3, 0.4) is 0 Å². The molecule has 7 heteroatoms. The largest absolute Gasteiger partial charge is 0.382 e. The molecule has 5 nitrogen and oxygen atoms in total. The molecule has 0 spiro atoms. The number of thioether (sulfide) groups is 1. The minimum atomic E-state index is 0.309. The summed E-state index contributed by atoms with van der Waals surface area (Å²) in [6, 6.07) is 15.4. The van der Waals surface area contributed by atoms with Crippen LogP contribution in [-0.4, -0.2) is 73.8 Å². The Labute approximate surface area is 213 Å². The molecule has 2 aliphatic heterocycles. The molecule has 2 heterocycles. The number of aryl methyl sites for hydroxylation is 1. The van der Waals surface area contributed by atoms with Gasteiger partial charge in [-0.3, -0.25) is 9.69 Å². The van der Waals surface area contributed by atoms with Crippen LogP contribution >= 0.6 is 23.4 Å². The number of hydrogen-bond donors (Lipinski definition) is 1. The highest BCUT2D eigenvalue weighted by Crippen LogP contribution is 2.29. The number of likely N-dealkylation sites (tertiary alicyclic amines) is 1. The van der Waals surface area contributed by atoms with Gasteiger partial charge in [0, 0.05) is 68.0 Å². The average molecular weight is 501 g/mol. The lowest BCUT2D eigenvalue weighted by Crippen LogP contribution is -2.47. The second-order valence-corrected chi connectivity index (χ2v) is 10.7. The van der Waals surface area contributed by atoms with Gasteiger partial charge in [0.2, 0.25) is 5.91 Å². The molecule has 0 aromatic heterocycles. The van der Waals surface area contributed by atoms with Crippen LogP contribution in [0.5, 0.6) is 0 Å². The lowest BCUT2D eigenvalue weighted by atomic mass is 10.0. The number of nitrogens with one attached hydrogen (secondary N) is 1. The molecule has 0 bridgehead atoms. The summed E-state index contributed by atoms with van der Waals surface area (Å²) in [5, 5.41) is 4.39. The van der Waals surface area contributed by atoms with Crippen molar-refractivity contribution in [2.45, 2.75) is 43.5 Å². The second kappa shape index (κ2) is 12.2. The molecule has 2 aliphatic rings. The van der Waals surface area contributed by atoms with E-state index in [1.807, 2.05) is 12.3 Å². The van der Waals surface area contributed by atoms with Crippen molar-refractivity contribution in [2.75, 3.05) is 62.3 Å². The van der Waals surface area contributed by atoms with Crippen molar-refractivity contribution < 1.29 is 4.79 Å². The molecule has 4 rings (SSSR count). The predicted molar refractivity (Wildman–Crippen MR) is 146 cm³/mol. The highest BCUT2D eigenvalue weighted by atomic mass is 35.5. The van der Waals surface area contributed by atoms with E-state index in [4.69, 9.17) is 11.6 Å². The first-order valence-electron chi connectivity index (χ1n) is 12.4. The van der Waals surface area contributed by atoms with Crippen LogP contribution in [0.25, 0.3) is 0 Å². The Kier molecular flexibility index (Phi) is 9.04. The summed E-state index contributed by atoms with van der Waals surface area (Å²) in [5.41, 5.74) is 3.69. The summed E-state index contributed by atoms with van der Waals surface area (Å²) in [7, 11) is 0. The van der Waals surface area contributed by atoms with Crippen LogP contribution in [0.15, 0.2) is 47.4 Å². The first kappa shape index (κ1) is 25.2. The third-order valence-corrected chi connectivity index (χ3v) is 8.23. The van der Waals surface area contributed by atoms with Crippen molar-refractivity contribution >= 4 is 40.6 Å². The average Bonchev–Trinajstić information content (AvgIpc) is 2.85. The van der Waals surface area contributed by atoms with Gasteiger partial charge in [-0.25, -0.2) is 0 Å². The van der Waals surface area contributed by atoms with Crippen LogP contribution < -0.4 is 10.2 Å². The SMILES string of the molecule is CSc1ccc(NC2CCN(C(=O)CCCN3CCN(c4ccc(C)cc4)CC3)CC2)cc1Cl. The van der Waals surface area contributed by atoms with Crippen molar-refractivity contribution in [1.29, 1.82) is 0 Å². The standard InChI is InChI=1S/C27H37ClN4OS/c1-21-5-8-24(9-6-21)31-18-16-30(17-19-31)13-3-4-27(33)32-14-11-22(12-15-32)29-23-7-10-26(34-2)25(28)20-23/h5-10,20,22,29H,3-4,11-19H2,1-2H3. The maximum atomic E-state index is 12.7. The van der Waals surface area contributed by atoms with Gasteiger partial charge in [-0.2, -0.15) is 0 Å². The van der Waals surface area contributed by atoms with Gasteiger partial charge >= 0.3 is 0 Å². The van der Waals surface area contributed by atoms with Gasteiger partial charge in [0.25, 0.3) is 0 Å². The molecule has 2 saturated heterocycles. The van der Waals surface area contributed by atoms with Crippen molar-refractivity contribution in [2.24, 2.45) is 0 Å². The normalized spacial score (nSPS) is 17.7. The van der Waals surface area contributed by atoms with Gasteiger partial charge in [0.1, 0.15) is 0 Å². The number of carbonyl (C=O) groups is 1. The van der Waals surface area contributed by atoms with E-state index in [0.29, 0.717) is 18.4 Å².